The molecule has 0 atom stereocenters. The molecule has 0 radical (unpaired) electrons. The molecule has 0 rings (SSSR count). The minimum atomic E-state index is 0.255. The van der Waals surface area contributed by atoms with Crippen molar-refractivity contribution in [3.05, 3.63) is 25.0 Å². The third-order valence-corrected chi connectivity index (χ3v) is 1.49. The Bertz CT molecular complexity index is 151. The standard InChI is InChI=1S/C12H22O/c1-5-6-7-8-9-10-13-11-12(2,3)4/h5,9-10H,1,6-8,11H2,2-4H3. The summed E-state index contributed by atoms with van der Waals surface area (Å²) < 4.78 is 5.37. The second kappa shape index (κ2) is 6.76. The van der Waals surface area contributed by atoms with E-state index in [-0.39, 0.29) is 5.41 Å². The molecule has 0 N–H and O–H groups in total. The Balaban J connectivity index is 3.27. The fourth-order valence-electron chi connectivity index (χ4n) is 0.814. The van der Waals surface area contributed by atoms with Crippen LogP contribution in [0.25, 0.3) is 0 Å². The molecule has 0 aromatic carbocycles. The number of unbranched alkanes of at least 4 members (excludes halogenated alkanes) is 2. The molecule has 76 valence electrons. The lowest BCUT2D eigenvalue weighted by molar-refractivity contribution is 0.151. The van der Waals surface area contributed by atoms with Gasteiger partial charge in [-0.1, -0.05) is 26.8 Å². The topological polar surface area (TPSA) is 9.23 Å². The number of hydrogen-bond donors (Lipinski definition) is 0. The second-order valence-electron chi connectivity index (χ2n) is 4.46. The van der Waals surface area contributed by atoms with Crippen molar-refractivity contribution in [2.75, 3.05) is 6.61 Å². The van der Waals surface area contributed by atoms with E-state index in [2.05, 4.69) is 33.4 Å². The molecule has 0 amide bonds. The predicted octanol–water partition coefficient (Wildman–Crippen LogP) is 3.92. The third-order valence-electron chi connectivity index (χ3n) is 1.49. The van der Waals surface area contributed by atoms with Crippen LogP contribution in [-0.4, -0.2) is 6.61 Å². The molecule has 0 saturated carbocycles. The van der Waals surface area contributed by atoms with Crippen LogP contribution in [0.1, 0.15) is 40.0 Å². The summed E-state index contributed by atoms with van der Waals surface area (Å²) >= 11 is 0. The molecule has 0 unspecified atom stereocenters. The molecule has 1 nitrogen and oxygen atoms in total. The maximum absolute atomic E-state index is 5.37. The van der Waals surface area contributed by atoms with Gasteiger partial charge in [0.25, 0.3) is 0 Å². The van der Waals surface area contributed by atoms with Crippen molar-refractivity contribution in [1.82, 2.24) is 0 Å². The van der Waals surface area contributed by atoms with Crippen molar-refractivity contribution in [2.45, 2.75) is 40.0 Å². The van der Waals surface area contributed by atoms with Crippen molar-refractivity contribution in [2.24, 2.45) is 5.41 Å². The van der Waals surface area contributed by atoms with Gasteiger partial charge < -0.3 is 4.74 Å². The monoisotopic (exact) mass is 182 g/mol. The van der Waals surface area contributed by atoms with E-state index in [0.717, 1.165) is 19.4 Å². The average Bonchev–Trinajstić information content (AvgIpc) is 2.01. The van der Waals surface area contributed by atoms with E-state index in [0.29, 0.717) is 0 Å². The van der Waals surface area contributed by atoms with Gasteiger partial charge >= 0.3 is 0 Å². The molecule has 0 aliphatic carbocycles. The molecule has 0 spiro atoms. The van der Waals surface area contributed by atoms with Gasteiger partial charge in [-0.3, -0.25) is 0 Å². The first kappa shape index (κ1) is 12.3. The smallest absolute Gasteiger partial charge is 0.0921 e. The largest absolute Gasteiger partial charge is 0.501 e. The van der Waals surface area contributed by atoms with E-state index in [1.54, 1.807) is 0 Å². The summed E-state index contributed by atoms with van der Waals surface area (Å²) in [5.41, 5.74) is 0.255. The summed E-state index contributed by atoms with van der Waals surface area (Å²) in [6.07, 6.45) is 9.17. The zero-order valence-corrected chi connectivity index (χ0v) is 9.18. The van der Waals surface area contributed by atoms with E-state index in [9.17, 15) is 0 Å². The molecule has 0 fully saturated rings. The van der Waals surface area contributed by atoms with Gasteiger partial charge in [0.15, 0.2) is 0 Å². The van der Waals surface area contributed by atoms with Crippen LogP contribution in [0.3, 0.4) is 0 Å². The molecule has 0 bridgehead atoms. The van der Waals surface area contributed by atoms with Gasteiger partial charge in [0, 0.05) is 0 Å². The van der Waals surface area contributed by atoms with Crippen LogP contribution in [-0.2, 0) is 4.74 Å². The van der Waals surface area contributed by atoms with Gasteiger partial charge in [-0.15, -0.1) is 6.58 Å². The lowest BCUT2D eigenvalue weighted by atomic mass is 9.99. The quantitative estimate of drug-likeness (QED) is 0.344. The van der Waals surface area contributed by atoms with Crippen molar-refractivity contribution >= 4 is 0 Å². The molecule has 13 heavy (non-hydrogen) atoms. The molecular weight excluding hydrogens is 160 g/mol. The first-order chi connectivity index (χ1) is 6.06. The van der Waals surface area contributed by atoms with Crippen molar-refractivity contribution in [1.29, 1.82) is 0 Å². The van der Waals surface area contributed by atoms with Gasteiger partial charge in [0.1, 0.15) is 0 Å². The molecule has 1 heteroatoms. The second-order valence-corrected chi connectivity index (χ2v) is 4.46. The lowest BCUT2D eigenvalue weighted by Crippen LogP contribution is -2.12. The van der Waals surface area contributed by atoms with Crippen LogP contribution < -0.4 is 0 Å². The highest BCUT2D eigenvalue weighted by molar-refractivity contribution is 4.76. The van der Waals surface area contributed by atoms with E-state index in [4.69, 9.17) is 4.74 Å². The van der Waals surface area contributed by atoms with Crippen LogP contribution in [0.5, 0.6) is 0 Å². The van der Waals surface area contributed by atoms with Crippen LogP contribution in [0.4, 0.5) is 0 Å². The molecule has 0 aliphatic heterocycles. The molecule has 0 saturated heterocycles. The normalized spacial score (nSPS) is 11.9. The van der Waals surface area contributed by atoms with E-state index in [1.807, 2.05) is 12.3 Å². The van der Waals surface area contributed by atoms with Crippen LogP contribution in [0, 0.1) is 5.41 Å². The fourth-order valence-corrected chi connectivity index (χ4v) is 0.814. The van der Waals surface area contributed by atoms with Crippen molar-refractivity contribution in [3.63, 3.8) is 0 Å². The van der Waals surface area contributed by atoms with Gasteiger partial charge in [-0.05, 0) is 30.8 Å². The predicted molar refractivity (Wildman–Crippen MR) is 58.6 cm³/mol. The van der Waals surface area contributed by atoms with Gasteiger partial charge in [0.2, 0.25) is 0 Å². The van der Waals surface area contributed by atoms with Crippen LogP contribution in [0.15, 0.2) is 25.0 Å². The number of allylic oxidation sites excluding steroid dienone is 2. The molecular formula is C12H22O. The average molecular weight is 182 g/mol. The summed E-state index contributed by atoms with van der Waals surface area (Å²) in [7, 11) is 0. The van der Waals surface area contributed by atoms with Crippen molar-refractivity contribution in [3.8, 4) is 0 Å². The van der Waals surface area contributed by atoms with E-state index in [1.165, 1.54) is 6.42 Å². The van der Waals surface area contributed by atoms with Crippen molar-refractivity contribution < 1.29 is 4.74 Å². The van der Waals surface area contributed by atoms with Crippen LogP contribution >= 0.6 is 0 Å². The number of ether oxygens (including phenoxy) is 1. The highest BCUT2D eigenvalue weighted by atomic mass is 16.5. The third kappa shape index (κ3) is 11.3. The first-order valence-electron chi connectivity index (χ1n) is 4.94. The Kier molecular flexibility index (Phi) is 6.38. The Hall–Kier alpha value is -0.720. The maximum Gasteiger partial charge on any atom is 0.0921 e. The minimum Gasteiger partial charge on any atom is -0.501 e. The number of rotatable bonds is 6. The summed E-state index contributed by atoms with van der Waals surface area (Å²) in [5, 5.41) is 0. The zero-order chi connectivity index (χ0) is 10.2. The highest BCUT2D eigenvalue weighted by Crippen LogP contribution is 2.12. The van der Waals surface area contributed by atoms with E-state index < -0.39 is 0 Å². The van der Waals surface area contributed by atoms with E-state index >= 15 is 0 Å². The van der Waals surface area contributed by atoms with Gasteiger partial charge in [-0.25, -0.2) is 0 Å². The lowest BCUT2D eigenvalue weighted by Gasteiger charge is -2.16. The Morgan fingerprint density at radius 1 is 1.23 bits per heavy atom. The SMILES string of the molecule is C=CCCCC=COCC(C)(C)C. The first-order valence-corrected chi connectivity index (χ1v) is 4.94. The van der Waals surface area contributed by atoms with Crippen LogP contribution in [0.2, 0.25) is 0 Å². The van der Waals surface area contributed by atoms with Gasteiger partial charge in [0.05, 0.1) is 12.9 Å². The molecule has 0 aliphatic rings. The summed E-state index contributed by atoms with van der Waals surface area (Å²) in [6, 6.07) is 0. The molecule has 0 heterocycles. The summed E-state index contributed by atoms with van der Waals surface area (Å²) in [4.78, 5) is 0. The molecule has 0 aromatic heterocycles. The minimum absolute atomic E-state index is 0.255. The fraction of sp³-hybridized carbons (Fsp3) is 0.667. The summed E-state index contributed by atoms with van der Waals surface area (Å²) in [6.45, 7) is 10.9. The highest BCUT2D eigenvalue weighted by Gasteiger charge is 2.08. The molecule has 0 aromatic rings. The number of hydrogen-bond acceptors (Lipinski definition) is 1. The zero-order valence-electron chi connectivity index (χ0n) is 9.18. The van der Waals surface area contributed by atoms with Gasteiger partial charge in [-0.2, -0.15) is 0 Å². The maximum atomic E-state index is 5.37. The summed E-state index contributed by atoms with van der Waals surface area (Å²) in [5.74, 6) is 0. The Morgan fingerprint density at radius 3 is 2.46 bits per heavy atom. The Morgan fingerprint density at radius 2 is 1.92 bits per heavy atom. The Labute approximate surface area is 82.5 Å².